The van der Waals surface area contributed by atoms with E-state index in [1.165, 1.54) is 24.4 Å². The highest BCUT2D eigenvalue weighted by molar-refractivity contribution is 5.65. The third-order valence-corrected chi connectivity index (χ3v) is 2.29. The lowest BCUT2D eigenvalue weighted by Crippen LogP contribution is -2.07. The molecule has 17 heavy (non-hydrogen) atoms. The molecule has 0 spiro atoms. The van der Waals surface area contributed by atoms with Crippen molar-refractivity contribution in [1.82, 2.24) is 5.16 Å². The summed E-state index contributed by atoms with van der Waals surface area (Å²) in [5, 5.41) is 12.4. The van der Waals surface area contributed by atoms with Gasteiger partial charge < -0.3 is 9.63 Å². The number of hydrogen-bond acceptors (Lipinski definition) is 3. The second kappa shape index (κ2) is 4.21. The number of aliphatic hydroxyl groups excluding tert-OH is 1. The molecule has 6 heteroatoms. The number of alkyl halides is 3. The lowest BCUT2D eigenvalue weighted by Gasteiger charge is -2.10. The molecule has 1 aromatic carbocycles. The van der Waals surface area contributed by atoms with Gasteiger partial charge in [0.25, 0.3) is 0 Å². The van der Waals surface area contributed by atoms with E-state index in [9.17, 15) is 13.2 Å². The van der Waals surface area contributed by atoms with Crippen molar-refractivity contribution in [3.05, 3.63) is 41.6 Å². The van der Waals surface area contributed by atoms with E-state index >= 15 is 0 Å². The molecule has 0 atom stereocenters. The van der Waals surface area contributed by atoms with Gasteiger partial charge in [0.15, 0.2) is 5.76 Å². The molecule has 2 aromatic rings. The third-order valence-electron chi connectivity index (χ3n) is 2.29. The molecule has 0 amide bonds. The summed E-state index contributed by atoms with van der Waals surface area (Å²) in [7, 11) is 0. The predicted octanol–water partition coefficient (Wildman–Crippen LogP) is 2.85. The zero-order chi connectivity index (χ0) is 12.5. The zero-order valence-electron chi connectivity index (χ0n) is 8.53. The number of benzene rings is 1. The van der Waals surface area contributed by atoms with E-state index in [1.807, 2.05) is 0 Å². The van der Waals surface area contributed by atoms with Crippen LogP contribution in [-0.4, -0.2) is 10.3 Å². The normalized spacial score (nSPS) is 11.8. The summed E-state index contributed by atoms with van der Waals surface area (Å²) in [6.07, 6.45) is -3.28. The molecule has 0 bridgehead atoms. The van der Waals surface area contributed by atoms with Crippen LogP contribution in [0.15, 0.2) is 35.0 Å². The Kier molecular flexibility index (Phi) is 2.89. The van der Waals surface area contributed by atoms with Gasteiger partial charge in [-0.3, -0.25) is 0 Å². The van der Waals surface area contributed by atoms with Gasteiger partial charge in [-0.25, -0.2) is 0 Å². The molecule has 0 aliphatic carbocycles. The van der Waals surface area contributed by atoms with E-state index in [1.54, 1.807) is 0 Å². The molecule has 90 valence electrons. The first-order chi connectivity index (χ1) is 8.04. The summed E-state index contributed by atoms with van der Waals surface area (Å²) in [4.78, 5) is 0. The van der Waals surface area contributed by atoms with Crippen LogP contribution in [0.1, 0.15) is 11.1 Å². The number of hydrogen-bond donors (Lipinski definition) is 1. The molecule has 1 heterocycles. The van der Waals surface area contributed by atoms with E-state index in [4.69, 9.17) is 9.63 Å². The lowest BCUT2D eigenvalue weighted by molar-refractivity contribution is -0.137. The number of halogens is 3. The molecular weight excluding hydrogens is 235 g/mol. The average Bonchev–Trinajstić information content (AvgIpc) is 2.75. The zero-order valence-corrected chi connectivity index (χ0v) is 8.53. The Morgan fingerprint density at radius 2 is 1.94 bits per heavy atom. The fourth-order valence-electron chi connectivity index (χ4n) is 1.52. The van der Waals surface area contributed by atoms with Crippen molar-refractivity contribution < 1.29 is 22.8 Å². The molecule has 0 radical (unpaired) electrons. The quantitative estimate of drug-likeness (QED) is 0.882. The Labute approximate surface area is 94.5 Å². The van der Waals surface area contributed by atoms with Crippen LogP contribution >= 0.6 is 0 Å². The number of aliphatic hydroxyl groups is 1. The van der Waals surface area contributed by atoms with Crippen LogP contribution in [0.25, 0.3) is 11.3 Å². The third kappa shape index (κ3) is 2.16. The minimum atomic E-state index is -4.48. The van der Waals surface area contributed by atoms with Gasteiger partial charge in [0.2, 0.25) is 0 Å². The molecule has 0 saturated carbocycles. The van der Waals surface area contributed by atoms with Gasteiger partial charge in [0, 0.05) is 11.1 Å². The molecule has 1 N–H and O–H groups in total. The van der Waals surface area contributed by atoms with Crippen LogP contribution in [0.5, 0.6) is 0 Å². The van der Waals surface area contributed by atoms with Crippen molar-refractivity contribution in [2.75, 3.05) is 0 Å². The Balaban J connectivity index is 2.60. The van der Waals surface area contributed by atoms with Crippen molar-refractivity contribution >= 4 is 0 Å². The summed E-state index contributed by atoms with van der Waals surface area (Å²) >= 11 is 0. The van der Waals surface area contributed by atoms with E-state index < -0.39 is 18.3 Å². The Bertz CT molecular complexity index is 519. The lowest BCUT2D eigenvalue weighted by atomic mass is 10.0. The maximum Gasteiger partial charge on any atom is 0.417 e. The first-order valence-electron chi connectivity index (χ1n) is 4.75. The van der Waals surface area contributed by atoms with Gasteiger partial charge in [0.1, 0.15) is 0 Å². The standard InChI is InChI=1S/C11H8F3NO2/c12-11(13,14)9-4-2-1-3-8(9)10-7(6-16)5-15-17-10/h1-5,16H,6H2. The number of aromatic nitrogens is 1. The highest BCUT2D eigenvalue weighted by Crippen LogP contribution is 2.37. The summed E-state index contributed by atoms with van der Waals surface area (Å²) in [6.45, 7) is -0.426. The van der Waals surface area contributed by atoms with Gasteiger partial charge in [-0.1, -0.05) is 23.4 Å². The fraction of sp³-hybridized carbons (Fsp3) is 0.182. The summed E-state index contributed by atoms with van der Waals surface area (Å²) in [5.74, 6) is -0.0552. The van der Waals surface area contributed by atoms with Crippen LogP contribution in [0.4, 0.5) is 13.2 Å². The minimum Gasteiger partial charge on any atom is -0.391 e. The monoisotopic (exact) mass is 243 g/mol. The average molecular weight is 243 g/mol. The molecule has 0 unspecified atom stereocenters. The first-order valence-corrected chi connectivity index (χ1v) is 4.75. The van der Waals surface area contributed by atoms with Crippen LogP contribution < -0.4 is 0 Å². The van der Waals surface area contributed by atoms with E-state index in [0.29, 0.717) is 0 Å². The maximum absolute atomic E-state index is 12.8. The highest BCUT2D eigenvalue weighted by Gasteiger charge is 2.34. The highest BCUT2D eigenvalue weighted by atomic mass is 19.4. The van der Waals surface area contributed by atoms with Crippen molar-refractivity contribution in [2.45, 2.75) is 12.8 Å². The molecule has 3 nitrogen and oxygen atoms in total. The second-order valence-electron chi connectivity index (χ2n) is 3.38. The van der Waals surface area contributed by atoms with Crippen LogP contribution in [0, 0.1) is 0 Å². The predicted molar refractivity (Wildman–Crippen MR) is 52.9 cm³/mol. The summed E-state index contributed by atoms with van der Waals surface area (Å²) in [5.41, 5.74) is -0.713. The van der Waals surface area contributed by atoms with Gasteiger partial charge in [-0.05, 0) is 6.07 Å². The smallest absolute Gasteiger partial charge is 0.391 e. The number of nitrogens with zero attached hydrogens (tertiary/aromatic N) is 1. The van der Waals surface area contributed by atoms with Crippen molar-refractivity contribution in [3.8, 4) is 11.3 Å². The largest absolute Gasteiger partial charge is 0.417 e. The molecule has 0 aliphatic heterocycles. The summed E-state index contributed by atoms with van der Waals surface area (Å²) < 4.78 is 43.0. The molecule has 0 saturated heterocycles. The Morgan fingerprint density at radius 1 is 1.24 bits per heavy atom. The van der Waals surface area contributed by atoms with Gasteiger partial charge in [0.05, 0.1) is 18.4 Å². The second-order valence-corrected chi connectivity index (χ2v) is 3.38. The van der Waals surface area contributed by atoms with Crippen molar-refractivity contribution in [1.29, 1.82) is 0 Å². The number of rotatable bonds is 2. The topological polar surface area (TPSA) is 46.3 Å². The first kappa shape index (κ1) is 11.7. The Hall–Kier alpha value is -1.82. The molecule has 0 aliphatic rings. The van der Waals surface area contributed by atoms with E-state index in [2.05, 4.69) is 5.16 Å². The summed E-state index contributed by atoms with van der Waals surface area (Å²) in [6, 6.07) is 5.00. The molecule has 2 rings (SSSR count). The van der Waals surface area contributed by atoms with Gasteiger partial charge in [-0.2, -0.15) is 13.2 Å². The minimum absolute atomic E-state index is 0.0552. The molecule has 1 aromatic heterocycles. The van der Waals surface area contributed by atoms with Crippen molar-refractivity contribution in [2.24, 2.45) is 0 Å². The maximum atomic E-state index is 12.8. The van der Waals surface area contributed by atoms with Crippen molar-refractivity contribution in [3.63, 3.8) is 0 Å². The molecule has 0 fully saturated rings. The van der Waals surface area contributed by atoms with Gasteiger partial charge in [-0.15, -0.1) is 0 Å². The van der Waals surface area contributed by atoms with Crippen LogP contribution in [-0.2, 0) is 12.8 Å². The SMILES string of the molecule is OCc1cnoc1-c1ccccc1C(F)(F)F. The van der Waals surface area contributed by atoms with E-state index in [-0.39, 0.29) is 16.9 Å². The van der Waals surface area contributed by atoms with Crippen LogP contribution in [0.2, 0.25) is 0 Å². The van der Waals surface area contributed by atoms with Gasteiger partial charge >= 0.3 is 6.18 Å². The molecular formula is C11H8F3NO2. The van der Waals surface area contributed by atoms with E-state index in [0.717, 1.165) is 6.07 Å². The fourth-order valence-corrected chi connectivity index (χ4v) is 1.52. The Morgan fingerprint density at radius 3 is 2.59 bits per heavy atom. The van der Waals surface area contributed by atoms with Crippen LogP contribution in [0.3, 0.4) is 0 Å².